The van der Waals surface area contributed by atoms with Crippen molar-refractivity contribution in [3.63, 3.8) is 0 Å². The van der Waals surface area contributed by atoms with E-state index in [2.05, 4.69) is 30.8 Å². The first-order valence-electron chi connectivity index (χ1n) is 8.31. The van der Waals surface area contributed by atoms with Crippen LogP contribution in [0, 0.1) is 17.6 Å². The molecular formula is C18H18F2N6O. The number of hydrogen-bond donors (Lipinski definition) is 3. The molecule has 2 aromatic heterocycles. The van der Waals surface area contributed by atoms with Gasteiger partial charge in [0.2, 0.25) is 5.96 Å². The lowest BCUT2D eigenvalue weighted by molar-refractivity contribution is 0.0976. The van der Waals surface area contributed by atoms with Crippen molar-refractivity contribution in [2.75, 3.05) is 11.9 Å². The number of aliphatic imine (C=N–C) groups is 1. The fraction of sp³-hybridized carbons (Fsp3) is 0.222. The molecule has 0 spiro atoms. The van der Waals surface area contributed by atoms with Crippen LogP contribution >= 0.6 is 0 Å². The normalized spacial score (nSPS) is 11.8. The Hall–Kier alpha value is -3.36. The number of aromatic amines is 1. The number of rotatable bonds is 4. The van der Waals surface area contributed by atoms with Crippen molar-refractivity contribution in [3.05, 3.63) is 53.7 Å². The number of nitrogens with one attached hydrogen (secondary N) is 3. The molecule has 0 saturated heterocycles. The molecule has 27 heavy (non-hydrogen) atoms. The Bertz CT molecular complexity index is 998. The minimum atomic E-state index is -1.10. The van der Waals surface area contributed by atoms with Crippen LogP contribution in [0.1, 0.15) is 24.2 Å². The van der Waals surface area contributed by atoms with Crippen LogP contribution in [0.25, 0.3) is 11.0 Å². The first-order chi connectivity index (χ1) is 12.9. The minimum absolute atomic E-state index is 0.0297. The van der Waals surface area contributed by atoms with E-state index in [1.54, 1.807) is 12.3 Å². The van der Waals surface area contributed by atoms with Crippen molar-refractivity contribution in [2.24, 2.45) is 10.9 Å². The summed E-state index contributed by atoms with van der Waals surface area (Å²) in [5.74, 6) is -1.98. The maximum atomic E-state index is 13.4. The molecular weight excluding hydrogens is 354 g/mol. The van der Waals surface area contributed by atoms with E-state index >= 15 is 0 Å². The van der Waals surface area contributed by atoms with Gasteiger partial charge in [-0.1, -0.05) is 13.8 Å². The third kappa shape index (κ3) is 4.43. The average molecular weight is 372 g/mol. The van der Waals surface area contributed by atoms with E-state index in [0.29, 0.717) is 17.9 Å². The van der Waals surface area contributed by atoms with E-state index in [-0.39, 0.29) is 17.4 Å². The van der Waals surface area contributed by atoms with Crippen molar-refractivity contribution in [2.45, 2.75) is 13.8 Å². The number of fused-ring (bicyclic) bond motifs is 1. The zero-order valence-corrected chi connectivity index (χ0v) is 14.8. The SMILES string of the molecule is CC(C)CN=C(NC(=O)c1ccc(F)c(F)c1)Nc1n[nH]c2cccnc12. The minimum Gasteiger partial charge on any atom is -0.307 e. The molecule has 140 valence electrons. The van der Waals surface area contributed by atoms with Crippen molar-refractivity contribution in [1.82, 2.24) is 20.5 Å². The van der Waals surface area contributed by atoms with Crippen LogP contribution in [0.5, 0.6) is 0 Å². The number of nitrogens with zero attached hydrogens (tertiary/aromatic N) is 3. The lowest BCUT2D eigenvalue weighted by atomic mass is 10.2. The topological polar surface area (TPSA) is 95.1 Å². The number of halogens is 2. The number of carbonyl (C=O) groups excluding carboxylic acids is 1. The van der Waals surface area contributed by atoms with Crippen LogP contribution in [-0.2, 0) is 0 Å². The maximum Gasteiger partial charge on any atom is 0.258 e. The third-order valence-corrected chi connectivity index (χ3v) is 3.59. The van der Waals surface area contributed by atoms with Gasteiger partial charge in [0, 0.05) is 18.3 Å². The van der Waals surface area contributed by atoms with E-state index < -0.39 is 17.5 Å². The van der Waals surface area contributed by atoms with Crippen LogP contribution in [0.3, 0.4) is 0 Å². The first kappa shape index (κ1) is 18.4. The van der Waals surface area contributed by atoms with Crippen LogP contribution in [0.4, 0.5) is 14.6 Å². The molecule has 0 radical (unpaired) electrons. The second-order valence-electron chi connectivity index (χ2n) is 6.26. The van der Waals surface area contributed by atoms with Gasteiger partial charge in [0.15, 0.2) is 17.5 Å². The molecule has 0 aliphatic heterocycles. The number of H-pyrrole nitrogens is 1. The highest BCUT2D eigenvalue weighted by atomic mass is 19.2. The van der Waals surface area contributed by atoms with Crippen LogP contribution in [-0.4, -0.2) is 33.6 Å². The lowest BCUT2D eigenvalue weighted by Gasteiger charge is -2.11. The van der Waals surface area contributed by atoms with Gasteiger partial charge in [0.25, 0.3) is 5.91 Å². The molecule has 1 aromatic carbocycles. The molecule has 0 aliphatic rings. The van der Waals surface area contributed by atoms with E-state index in [1.807, 2.05) is 19.9 Å². The number of amides is 1. The molecule has 9 heteroatoms. The zero-order chi connectivity index (χ0) is 19.4. The number of carbonyl (C=O) groups is 1. The zero-order valence-electron chi connectivity index (χ0n) is 14.8. The molecule has 7 nitrogen and oxygen atoms in total. The van der Waals surface area contributed by atoms with Gasteiger partial charge < -0.3 is 5.32 Å². The fourth-order valence-electron chi connectivity index (χ4n) is 2.25. The Kier molecular flexibility index (Phi) is 5.39. The van der Waals surface area contributed by atoms with Gasteiger partial charge in [-0.05, 0) is 36.2 Å². The number of pyridine rings is 1. The molecule has 0 saturated carbocycles. The summed E-state index contributed by atoms with van der Waals surface area (Å²) >= 11 is 0. The highest BCUT2D eigenvalue weighted by Crippen LogP contribution is 2.16. The summed E-state index contributed by atoms with van der Waals surface area (Å²) in [6.45, 7) is 4.39. The summed E-state index contributed by atoms with van der Waals surface area (Å²) in [6, 6.07) is 6.50. The molecule has 0 unspecified atom stereocenters. The van der Waals surface area contributed by atoms with Crippen molar-refractivity contribution >= 4 is 28.7 Å². The number of anilines is 1. The van der Waals surface area contributed by atoms with E-state index in [4.69, 9.17) is 0 Å². The third-order valence-electron chi connectivity index (χ3n) is 3.59. The molecule has 3 rings (SSSR count). The summed E-state index contributed by atoms with van der Waals surface area (Å²) in [5, 5.41) is 12.4. The Morgan fingerprint density at radius 3 is 2.81 bits per heavy atom. The van der Waals surface area contributed by atoms with Gasteiger partial charge in [-0.2, -0.15) is 5.10 Å². The number of hydrogen-bond acceptors (Lipinski definition) is 4. The van der Waals surface area contributed by atoms with Gasteiger partial charge in [-0.3, -0.25) is 25.2 Å². The van der Waals surface area contributed by atoms with Gasteiger partial charge in [0.1, 0.15) is 5.52 Å². The highest BCUT2D eigenvalue weighted by molar-refractivity contribution is 6.11. The second kappa shape index (κ2) is 7.90. The quantitative estimate of drug-likeness (QED) is 0.484. The summed E-state index contributed by atoms with van der Waals surface area (Å²) < 4.78 is 26.5. The molecule has 1 amide bonds. The monoisotopic (exact) mass is 372 g/mol. The molecule has 3 N–H and O–H groups in total. The van der Waals surface area contributed by atoms with E-state index in [9.17, 15) is 13.6 Å². The molecule has 2 heterocycles. The Balaban J connectivity index is 1.83. The van der Waals surface area contributed by atoms with Gasteiger partial charge >= 0.3 is 0 Å². The Morgan fingerprint density at radius 2 is 2.07 bits per heavy atom. The van der Waals surface area contributed by atoms with Crippen LogP contribution in [0.15, 0.2) is 41.5 Å². The Morgan fingerprint density at radius 1 is 1.26 bits per heavy atom. The molecule has 0 atom stereocenters. The predicted octanol–water partition coefficient (Wildman–Crippen LogP) is 3.09. The molecule has 3 aromatic rings. The summed E-state index contributed by atoms with van der Waals surface area (Å²) in [5.41, 5.74) is 1.27. The van der Waals surface area contributed by atoms with Gasteiger partial charge in [-0.15, -0.1) is 0 Å². The van der Waals surface area contributed by atoms with Crippen molar-refractivity contribution in [3.8, 4) is 0 Å². The van der Waals surface area contributed by atoms with Crippen LogP contribution in [0.2, 0.25) is 0 Å². The second-order valence-corrected chi connectivity index (χ2v) is 6.26. The molecule has 0 bridgehead atoms. The fourth-order valence-corrected chi connectivity index (χ4v) is 2.25. The number of benzene rings is 1. The number of guanidine groups is 1. The van der Waals surface area contributed by atoms with Gasteiger partial charge in [0.05, 0.1) is 5.52 Å². The summed E-state index contributed by atoms with van der Waals surface area (Å²) in [6.07, 6.45) is 1.62. The molecule has 0 fully saturated rings. The summed E-state index contributed by atoms with van der Waals surface area (Å²) in [4.78, 5) is 21.0. The van der Waals surface area contributed by atoms with Crippen LogP contribution < -0.4 is 10.6 Å². The van der Waals surface area contributed by atoms with E-state index in [1.165, 1.54) is 6.07 Å². The Labute approximate surface area is 153 Å². The lowest BCUT2D eigenvalue weighted by Crippen LogP contribution is -2.36. The highest BCUT2D eigenvalue weighted by Gasteiger charge is 2.14. The average Bonchev–Trinajstić information content (AvgIpc) is 3.05. The molecule has 0 aliphatic carbocycles. The van der Waals surface area contributed by atoms with Crippen molar-refractivity contribution in [1.29, 1.82) is 0 Å². The largest absolute Gasteiger partial charge is 0.307 e. The first-order valence-corrected chi connectivity index (χ1v) is 8.31. The standard InChI is InChI=1S/C18H18F2N6O/c1-10(2)9-22-18(23-16-15-14(25-26-16)4-3-7-21-15)24-17(27)11-5-6-12(19)13(20)8-11/h3-8,10H,9H2,1-2H3,(H3,22,23,24,25,26,27). The predicted molar refractivity (Wildman–Crippen MR) is 98.5 cm³/mol. The van der Waals surface area contributed by atoms with Gasteiger partial charge in [-0.25, -0.2) is 8.78 Å². The summed E-state index contributed by atoms with van der Waals surface area (Å²) in [7, 11) is 0. The number of aromatic nitrogens is 3. The maximum absolute atomic E-state index is 13.4. The smallest absolute Gasteiger partial charge is 0.258 e. The van der Waals surface area contributed by atoms with E-state index in [0.717, 1.165) is 17.6 Å². The van der Waals surface area contributed by atoms with Crippen molar-refractivity contribution < 1.29 is 13.6 Å².